The first kappa shape index (κ1) is 24.2. The molecule has 0 aliphatic heterocycles. The molecule has 1 atom stereocenters. The quantitative estimate of drug-likeness (QED) is 0.583. The second kappa shape index (κ2) is 10.8. The van der Waals surface area contributed by atoms with E-state index in [2.05, 4.69) is 5.32 Å². The molecule has 0 heterocycles. The maximum absolute atomic E-state index is 12.7. The lowest BCUT2D eigenvalue weighted by Gasteiger charge is -2.15. The van der Waals surface area contributed by atoms with Gasteiger partial charge in [0.15, 0.2) is 6.10 Å². The molecule has 0 aromatic heterocycles. The van der Waals surface area contributed by atoms with Crippen LogP contribution in [0.15, 0.2) is 42.5 Å². The van der Waals surface area contributed by atoms with Crippen LogP contribution in [0, 0.1) is 0 Å². The highest BCUT2D eigenvalue weighted by atomic mass is 19.4. The van der Waals surface area contributed by atoms with Crippen molar-refractivity contribution in [2.45, 2.75) is 38.6 Å². The van der Waals surface area contributed by atoms with E-state index in [4.69, 9.17) is 9.47 Å². The van der Waals surface area contributed by atoms with Gasteiger partial charge in [0, 0.05) is 19.6 Å². The monoisotopic (exact) mass is 439 g/mol. The topological polar surface area (TPSA) is 84.9 Å². The van der Waals surface area contributed by atoms with Gasteiger partial charge in [-0.15, -0.1) is 0 Å². The molecule has 1 amide bonds. The van der Waals surface area contributed by atoms with E-state index < -0.39 is 29.7 Å². The Balaban J connectivity index is 2.11. The molecule has 0 fully saturated rings. The van der Waals surface area contributed by atoms with Crippen LogP contribution in [0.5, 0.6) is 5.75 Å². The Morgan fingerprint density at radius 3 is 2.29 bits per heavy atom. The molecule has 1 unspecified atom stereocenters. The molecule has 9 heteroatoms. The Hall–Kier alpha value is -3.07. The molecule has 2 rings (SSSR count). The predicted octanol–water partition coefficient (Wildman–Crippen LogP) is 4.07. The highest BCUT2D eigenvalue weighted by Crippen LogP contribution is 2.29. The first-order chi connectivity index (χ1) is 14.7. The maximum atomic E-state index is 12.7. The molecule has 0 bridgehead atoms. The summed E-state index contributed by atoms with van der Waals surface area (Å²) in [5, 5.41) is 12.0. The molecular weight excluding hydrogens is 415 g/mol. The second-order valence-corrected chi connectivity index (χ2v) is 6.81. The fourth-order valence-electron chi connectivity index (χ4n) is 2.84. The van der Waals surface area contributed by atoms with E-state index in [1.165, 1.54) is 25.3 Å². The van der Waals surface area contributed by atoms with Gasteiger partial charge in [0.05, 0.1) is 18.2 Å². The van der Waals surface area contributed by atoms with Crippen molar-refractivity contribution in [1.82, 2.24) is 5.32 Å². The lowest BCUT2D eigenvalue weighted by atomic mass is 10.0. The van der Waals surface area contributed by atoms with Crippen LogP contribution in [0.2, 0.25) is 0 Å². The number of hydrogen-bond donors (Lipinski definition) is 2. The van der Waals surface area contributed by atoms with Crippen LogP contribution in [-0.4, -0.2) is 36.8 Å². The fraction of sp³-hybridized carbons (Fsp3) is 0.364. The van der Waals surface area contributed by atoms with E-state index in [1.807, 2.05) is 6.92 Å². The molecule has 0 saturated heterocycles. The highest BCUT2D eigenvalue weighted by molar-refractivity contribution is 5.97. The molecule has 0 aliphatic carbocycles. The van der Waals surface area contributed by atoms with Crippen LogP contribution in [0.4, 0.5) is 13.2 Å². The Morgan fingerprint density at radius 2 is 1.74 bits per heavy atom. The van der Waals surface area contributed by atoms with Crippen molar-refractivity contribution < 1.29 is 37.3 Å². The van der Waals surface area contributed by atoms with E-state index in [1.54, 1.807) is 12.1 Å². The molecule has 0 spiro atoms. The van der Waals surface area contributed by atoms with E-state index in [0.29, 0.717) is 24.2 Å². The van der Waals surface area contributed by atoms with Crippen molar-refractivity contribution in [3.63, 3.8) is 0 Å². The van der Waals surface area contributed by atoms with Gasteiger partial charge in [0.25, 0.3) is 5.91 Å². The lowest BCUT2D eigenvalue weighted by Crippen LogP contribution is -2.27. The van der Waals surface area contributed by atoms with Gasteiger partial charge in [-0.25, -0.2) is 4.79 Å². The SMILES string of the molecule is CCCOC(Cc1ccc(OC)c(C(=O)NCc2ccc(C(F)(F)F)cc2)c1)C(=O)O. The Bertz CT molecular complexity index is 897. The van der Waals surface area contributed by atoms with E-state index >= 15 is 0 Å². The summed E-state index contributed by atoms with van der Waals surface area (Å²) in [5.74, 6) is -1.31. The molecule has 0 saturated carbocycles. The molecular formula is C22H24F3NO5. The number of carbonyl (C=O) groups excluding carboxylic acids is 1. The summed E-state index contributed by atoms with van der Waals surface area (Å²) >= 11 is 0. The number of ether oxygens (including phenoxy) is 2. The summed E-state index contributed by atoms with van der Waals surface area (Å²) in [5.41, 5.74) is 0.487. The van der Waals surface area contributed by atoms with Crippen molar-refractivity contribution in [2.75, 3.05) is 13.7 Å². The minimum atomic E-state index is -4.43. The average molecular weight is 439 g/mol. The molecule has 6 nitrogen and oxygen atoms in total. The number of hydrogen-bond acceptors (Lipinski definition) is 4. The number of amides is 1. The average Bonchev–Trinajstić information content (AvgIpc) is 2.74. The predicted molar refractivity (Wildman–Crippen MR) is 107 cm³/mol. The van der Waals surface area contributed by atoms with Crippen LogP contribution in [0.1, 0.15) is 40.4 Å². The van der Waals surface area contributed by atoms with Crippen molar-refractivity contribution in [1.29, 1.82) is 0 Å². The maximum Gasteiger partial charge on any atom is 0.416 e. The first-order valence-corrected chi connectivity index (χ1v) is 9.61. The highest BCUT2D eigenvalue weighted by Gasteiger charge is 2.30. The third-order valence-corrected chi connectivity index (χ3v) is 4.46. The van der Waals surface area contributed by atoms with Crippen LogP contribution in [0.3, 0.4) is 0 Å². The fourth-order valence-corrected chi connectivity index (χ4v) is 2.84. The largest absolute Gasteiger partial charge is 0.496 e. The van der Waals surface area contributed by atoms with Gasteiger partial charge in [-0.2, -0.15) is 13.2 Å². The van der Waals surface area contributed by atoms with Crippen LogP contribution >= 0.6 is 0 Å². The Labute approximate surface area is 178 Å². The number of carboxylic acids is 1. The summed E-state index contributed by atoms with van der Waals surface area (Å²) in [6.45, 7) is 2.18. The van der Waals surface area contributed by atoms with Gasteiger partial charge in [-0.3, -0.25) is 4.79 Å². The number of rotatable bonds is 10. The summed E-state index contributed by atoms with van der Waals surface area (Å²) in [6.07, 6.45) is -4.73. The Morgan fingerprint density at radius 1 is 1.10 bits per heavy atom. The standard InChI is InChI=1S/C22H24F3NO5/c1-3-10-31-19(21(28)29)12-15-6-9-18(30-2)17(11-15)20(27)26-13-14-4-7-16(8-5-14)22(23,24)25/h4-9,11,19H,3,10,12-13H2,1-2H3,(H,26,27)(H,28,29). The van der Waals surface area contributed by atoms with Gasteiger partial charge in [0.1, 0.15) is 5.75 Å². The zero-order valence-corrected chi connectivity index (χ0v) is 17.2. The van der Waals surface area contributed by atoms with Crippen molar-refractivity contribution in [3.05, 3.63) is 64.7 Å². The zero-order valence-electron chi connectivity index (χ0n) is 17.2. The van der Waals surface area contributed by atoms with E-state index in [0.717, 1.165) is 12.1 Å². The third-order valence-electron chi connectivity index (χ3n) is 4.46. The molecule has 31 heavy (non-hydrogen) atoms. The molecule has 0 aliphatic rings. The van der Waals surface area contributed by atoms with Gasteiger partial charge < -0.3 is 19.9 Å². The van der Waals surface area contributed by atoms with Crippen molar-refractivity contribution in [2.24, 2.45) is 0 Å². The Kier molecular flexibility index (Phi) is 8.44. The molecule has 2 aromatic rings. The molecule has 2 aromatic carbocycles. The van der Waals surface area contributed by atoms with Gasteiger partial charge in [-0.1, -0.05) is 25.1 Å². The van der Waals surface area contributed by atoms with Crippen molar-refractivity contribution >= 4 is 11.9 Å². The third kappa shape index (κ3) is 6.99. The number of nitrogens with one attached hydrogen (secondary N) is 1. The van der Waals surface area contributed by atoms with Gasteiger partial charge in [0.2, 0.25) is 0 Å². The second-order valence-electron chi connectivity index (χ2n) is 6.81. The number of carbonyl (C=O) groups is 2. The molecule has 2 N–H and O–H groups in total. The number of carboxylic acid groups (broad SMARTS) is 1. The molecule has 0 radical (unpaired) electrons. The van der Waals surface area contributed by atoms with Crippen molar-refractivity contribution in [3.8, 4) is 5.75 Å². The van der Waals surface area contributed by atoms with E-state index in [9.17, 15) is 27.9 Å². The number of methoxy groups -OCH3 is 1. The first-order valence-electron chi connectivity index (χ1n) is 9.61. The lowest BCUT2D eigenvalue weighted by molar-refractivity contribution is -0.150. The van der Waals surface area contributed by atoms with Crippen LogP contribution < -0.4 is 10.1 Å². The van der Waals surface area contributed by atoms with Crippen LogP contribution in [-0.2, 0) is 28.7 Å². The number of benzene rings is 2. The number of aliphatic carboxylic acids is 1. The normalized spacial score (nSPS) is 12.3. The number of alkyl halides is 3. The van der Waals surface area contributed by atoms with Gasteiger partial charge in [-0.05, 0) is 41.8 Å². The minimum Gasteiger partial charge on any atom is -0.496 e. The summed E-state index contributed by atoms with van der Waals surface area (Å²) in [7, 11) is 1.39. The smallest absolute Gasteiger partial charge is 0.416 e. The van der Waals surface area contributed by atoms with Crippen LogP contribution in [0.25, 0.3) is 0 Å². The zero-order chi connectivity index (χ0) is 23.0. The summed E-state index contributed by atoms with van der Waals surface area (Å²) in [6, 6.07) is 9.21. The summed E-state index contributed by atoms with van der Waals surface area (Å²) in [4.78, 5) is 24.0. The molecule has 168 valence electrons. The minimum absolute atomic E-state index is 0.0156. The number of halogens is 3. The summed E-state index contributed by atoms with van der Waals surface area (Å²) < 4.78 is 48.5. The van der Waals surface area contributed by atoms with Gasteiger partial charge >= 0.3 is 12.1 Å². The van der Waals surface area contributed by atoms with E-state index in [-0.39, 0.29) is 24.3 Å².